The number of carbonyl (C=O) groups excluding carboxylic acids is 1. The summed E-state index contributed by atoms with van der Waals surface area (Å²) in [5.41, 5.74) is 0.328. The van der Waals surface area contributed by atoms with Crippen molar-refractivity contribution in [3.63, 3.8) is 0 Å². The monoisotopic (exact) mass is 336 g/mol. The van der Waals surface area contributed by atoms with Gasteiger partial charge in [0.2, 0.25) is 0 Å². The summed E-state index contributed by atoms with van der Waals surface area (Å²) in [6, 6.07) is 4.85. The van der Waals surface area contributed by atoms with Crippen molar-refractivity contribution in [2.75, 3.05) is 40.0 Å². The smallest absolute Gasteiger partial charge is 0.251 e. The van der Waals surface area contributed by atoms with Gasteiger partial charge in [0.25, 0.3) is 5.91 Å². The van der Waals surface area contributed by atoms with Crippen molar-refractivity contribution >= 4 is 5.91 Å². The van der Waals surface area contributed by atoms with Gasteiger partial charge < -0.3 is 14.8 Å². The summed E-state index contributed by atoms with van der Waals surface area (Å²) in [6.07, 6.45) is 3.28. The third kappa shape index (κ3) is 4.05. The minimum atomic E-state index is -0.516. The highest BCUT2D eigenvalue weighted by molar-refractivity contribution is 5.94. The molecular weight excluding hydrogens is 311 g/mol. The Balaban J connectivity index is 1.44. The zero-order chi connectivity index (χ0) is 16.9. The molecule has 5 nitrogen and oxygen atoms in total. The number of carbonyl (C=O) groups is 1. The molecule has 1 aromatic carbocycles. The van der Waals surface area contributed by atoms with Crippen LogP contribution in [0.1, 0.15) is 29.6 Å². The Bertz CT molecular complexity index is 567. The number of nitrogens with one attached hydrogen (secondary N) is 1. The van der Waals surface area contributed by atoms with Gasteiger partial charge in [-0.15, -0.1) is 0 Å². The van der Waals surface area contributed by atoms with E-state index in [1.807, 2.05) is 0 Å². The second-order valence-corrected chi connectivity index (χ2v) is 6.56. The van der Waals surface area contributed by atoms with E-state index in [0.717, 1.165) is 45.6 Å². The molecule has 0 spiro atoms. The molecule has 6 heteroatoms. The SMILES string of the molecule is COc1ccc(C(=O)NCC2CCN(C3CCOC3)CC2)cc1F. The third-order valence-electron chi connectivity index (χ3n) is 5.04. The van der Waals surface area contributed by atoms with Gasteiger partial charge in [-0.2, -0.15) is 0 Å². The number of benzene rings is 1. The van der Waals surface area contributed by atoms with Gasteiger partial charge >= 0.3 is 0 Å². The first-order valence-electron chi connectivity index (χ1n) is 8.61. The number of likely N-dealkylation sites (tertiary alicyclic amines) is 1. The normalized spacial score (nSPS) is 22.5. The highest BCUT2D eigenvalue weighted by Crippen LogP contribution is 2.22. The van der Waals surface area contributed by atoms with Gasteiger partial charge in [-0.1, -0.05) is 0 Å². The Kier molecular flexibility index (Phi) is 5.68. The Hall–Kier alpha value is -1.66. The van der Waals surface area contributed by atoms with E-state index in [-0.39, 0.29) is 11.7 Å². The first-order chi connectivity index (χ1) is 11.7. The van der Waals surface area contributed by atoms with Crippen LogP contribution in [0.2, 0.25) is 0 Å². The van der Waals surface area contributed by atoms with Gasteiger partial charge in [-0.05, 0) is 56.5 Å². The summed E-state index contributed by atoms with van der Waals surface area (Å²) < 4.78 is 24.0. The number of nitrogens with zero attached hydrogens (tertiary/aromatic N) is 1. The van der Waals surface area contributed by atoms with Crippen LogP contribution in [-0.4, -0.2) is 56.8 Å². The van der Waals surface area contributed by atoms with Crippen molar-refractivity contribution < 1.29 is 18.7 Å². The molecule has 1 atom stereocenters. The first kappa shape index (κ1) is 17.2. The summed E-state index contributed by atoms with van der Waals surface area (Å²) in [4.78, 5) is 14.7. The summed E-state index contributed by atoms with van der Waals surface area (Å²) in [6.45, 7) is 4.49. The summed E-state index contributed by atoms with van der Waals surface area (Å²) in [5.74, 6) is -0.120. The fourth-order valence-electron chi connectivity index (χ4n) is 3.48. The van der Waals surface area contributed by atoms with Gasteiger partial charge in [-0.25, -0.2) is 4.39 Å². The van der Waals surface area contributed by atoms with Crippen molar-refractivity contribution in [2.45, 2.75) is 25.3 Å². The Labute approximate surface area is 142 Å². The number of amides is 1. The van der Waals surface area contributed by atoms with Crippen LogP contribution in [0.4, 0.5) is 4.39 Å². The molecule has 0 saturated carbocycles. The molecule has 2 heterocycles. The van der Waals surface area contributed by atoms with Crippen molar-refractivity contribution in [3.05, 3.63) is 29.6 Å². The number of hydrogen-bond acceptors (Lipinski definition) is 4. The number of rotatable bonds is 5. The molecule has 2 aliphatic heterocycles. The second kappa shape index (κ2) is 7.94. The molecule has 1 aromatic rings. The summed E-state index contributed by atoms with van der Waals surface area (Å²) >= 11 is 0. The number of piperidine rings is 1. The molecule has 3 rings (SSSR count). The molecule has 1 amide bonds. The molecule has 132 valence electrons. The molecule has 1 N–H and O–H groups in total. The van der Waals surface area contributed by atoms with Gasteiger partial charge in [0.05, 0.1) is 13.7 Å². The van der Waals surface area contributed by atoms with Crippen LogP contribution in [-0.2, 0) is 4.74 Å². The fraction of sp³-hybridized carbons (Fsp3) is 0.611. The Morgan fingerprint density at radius 2 is 2.17 bits per heavy atom. The van der Waals surface area contributed by atoms with E-state index in [9.17, 15) is 9.18 Å². The van der Waals surface area contributed by atoms with E-state index < -0.39 is 5.82 Å². The van der Waals surface area contributed by atoms with E-state index in [1.54, 1.807) is 6.07 Å². The van der Waals surface area contributed by atoms with Crippen LogP contribution >= 0.6 is 0 Å². The van der Waals surface area contributed by atoms with Crippen LogP contribution < -0.4 is 10.1 Å². The minimum Gasteiger partial charge on any atom is -0.494 e. The van der Waals surface area contributed by atoms with Crippen molar-refractivity contribution in [3.8, 4) is 5.75 Å². The number of methoxy groups -OCH3 is 1. The van der Waals surface area contributed by atoms with E-state index in [0.29, 0.717) is 24.1 Å². The first-order valence-corrected chi connectivity index (χ1v) is 8.61. The topological polar surface area (TPSA) is 50.8 Å². The van der Waals surface area contributed by atoms with Crippen LogP contribution in [0.5, 0.6) is 5.75 Å². The largest absolute Gasteiger partial charge is 0.494 e. The fourth-order valence-corrected chi connectivity index (χ4v) is 3.48. The zero-order valence-electron chi connectivity index (χ0n) is 14.1. The Morgan fingerprint density at radius 3 is 2.79 bits per heavy atom. The molecule has 2 saturated heterocycles. The number of hydrogen-bond donors (Lipinski definition) is 1. The lowest BCUT2D eigenvalue weighted by Gasteiger charge is -2.35. The lowest BCUT2D eigenvalue weighted by molar-refractivity contribution is 0.0910. The molecule has 0 radical (unpaired) electrons. The summed E-state index contributed by atoms with van der Waals surface area (Å²) in [7, 11) is 1.40. The maximum atomic E-state index is 13.7. The predicted octanol–water partition coefficient (Wildman–Crippen LogP) is 2.06. The number of halogens is 1. The van der Waals surface area contributed by atoms with Crippen LogP contribution in [0, 0.1) is 11.7 Å². The zero-order valence-corrected chi connectivity index (χ0v) is 14.1. The molecule has 24 heavy (non-hydrogen) atoms. The van der Waals surface area contributed by atoms with Crippen LogP contribution in [0.15, 0.2) is 18.2 Å². The quantitative estimate of drug-likeness (QED) is 0.894. The lowest BCUT2D eigenvalue weighted by atomic mass is 9.95. The lowest BCUT2D eigenvalue weighted by Crippen LogP contribution is -2.43. The average molecular weight is 336 g/mol. The average Bonchev–Trinajstić information content (AvgIpc) is 3.14. The van der Waals surface area contributed by atoms with Gasteiger partial charge in [0.15, 0.2) is 11.6 Å². The second-order valence-electron chi connectivity index (χ2n) is 6.56. The van der Waals surface area contributed by atoms with E-state index in [1.165, 1.54) is 19.2 Å². The molecular formula is C18H25FN2O3. The van der Waals surface area contributed by atoms with E-state index in [4.69, 9.17) is 9.47 Å². The molecule has 0 aliphatic carbocycles. The molecule has 2 fully saturated rings. The molecule has 0 bridgehead atoms. The minimum absolute atomic E-state index is 0.148. The van der Waals surface area contributed by atoms with Gasteiger partial charge in [0.1, 0.15) is 0 Å². The maximum Gasteiger partial charge on any atom is 0.251 e. The van der Waals surface area contributed by atoms with E-state index >= 15 is 0 Å². The summed E-state index contributed by atoms with van der Waals surface area (Å²) in [5, 5.41) is 2.93. The van der Waals surface area contributed by atoms with E-state index in [2.05, 4.69) is 10.2 Å². The van der Waals surface area contributed by atoms with Crippen molar-refractivity contribution in [2.24, 2.45) is 5.92 Å². The van der Waals surface area contributed by atoms with Gasteiger partial charge in [-0.3, -0.25) is 9.69 Å². The standard InChI is InChI=1S/C18H25FN2O3/c1-23-17-3-2-14(10-16(17)19)18(22)20-11-13-4-7-21(8-5-13)15-6-9-24-12-15/h2-3,10,13,15H,4-9,11-12H2,1H3,(H,20,22). The molecule has 1 unspecified atom stereocenters. The molecule has 2 aliphatic rings. The van der Waals surface area contributed by atoms with Crippen molar-refractivity contribution in [1.29, 1.82) is 0 Å². The van der Waals surface area contributed by atoms with Crippen molar-refractivity contribution in [1.82, 2.24) is 10.2 Å². The maximum absolute atomic E-state index is 13.7. The van der Waals surface area contributed by atoms with Crippen LogP contribution in [0.25, 0.3) is 0 Å². The molecule has 0 aromatic heterocycles. The third-order valence-corrected chi connectivity index (χ3v) is 5.04. The predicted molar refractivity (Wildman–Crippen MR) is 88.8 cm³/mol. The highest BCUT2D eigenvalue weighted by Gasteiger charge is 2.27. The van der Waals surface area contributed by atoms with Gasteiger partial charge in [0, 0.05) is 24.8 Å². The Morgan fingerprint density at radius 1 is 1.38 bits per heavy atom. The number of ether oxygens (including phenoxy) is 2. The highest BCUT2D eigenvalue weighted by atomic mass is 19.1. The van der Waals surface area contributed by atoms with Crippen LogP contribution in [0.3, 0.4) is 0 Å².